The van der Waals surface area contributed by atoms with E-state index in [1.54, 1.807) is 26.4 Å². The second-order valence-electron chi connectivity index (χ2n) is 17.7. The molecule has 0 atom stereocenters. The summed E-state index contributed by atoms with van der Waals surface area (Å²) < 4.78 is 14.6. The van der Waals surface area contributed by atoms with Crippen molar-refractivity contribution in [2.24, 2.45) is 14.1 Å². The number of carbonyl (C=O) groups is 2. The highest BCUT2D eigenvalue weighted by Crippen LogP contribution is 2.39. The first-order valence-corrected chi connectivity index (χ1v) is 24.0. The van der Waals surface area contributed by atoms with Gasteiger partial charge in [-0.2, -0.15) is 10.2 Å². The van der Waals surface area contributed by atoms with Crippen LogP contribution in [-0.2, 0) is 23.7 Å². The number of fused-ring (bicyclic) bond motifs is 2. The summed E-state index contributed by atoms with van der Waals surface area (Å²) in [5.41, 5.74) is 15.7. The van der Waals surface area contributed by atoms with Crippen LogP contribution in [0.2, 0.25) is 5.15 Å². The number of aromatic nitrogens is 8. The molecule has 0 bridgehead atoms. The summed E-state index contributed by atoms with van der Waals surface area (Å²) in [4.78, 5) is 49.0. The molecule has 4 aromatic heterocycles. The quantitative estimate of drug-likeness (QED) is 0.0364. The average molecular weight is 1040 g/mol. The summed E-state index contributed by atoms with van der Waals surface area (Å²) in [6.07, 6.45) is 9.12. The van der Waals surface area contributed by atoms with Gasteiger partial charge in [-0.15, -0.1) is 0 Å². The number of nitrogens with one attached hydrogen (secondary N) is 3. The summed E-state index contributed by atoms with van der Waals surface area (Å²) in [6.45, 7) is 10.3. The molecule has 0 aliphatic carbocycles. The van der Waals surface area contributed by atoms with Crippen LogP contribution in [0.3, 0.4) is 0 Å². The molecule has 8 aromatic rings. The zero-order valence-corrected chi connectivity index (χ0v) is 44.8. The number of nitrogen functional groups attached to an aromatic ring is 1. The van der Waals surface area contributed by atoms with Gasteiger partial charge in [0.1, 0.15) is 35.1 Å². The van der Waals surface area contributed by atoms with E-state index < -0.39 is 0 Å². The Hall–Kier alpha value is -8.59. The molecule has 2 amide bonds. The lowest BCUT2D eigenvalue weighted by Gasteiger charge is -2.26. The van der Waals surface area contributed by atoms with Gasteiger partial charge in [0.25, 0.3) is 0 Å². The first kappa shape index (κ1) is 55.7. The van der Waals surface area contributed by atoms with Crippen LogP contribution in [0.5, 0.6) is 11.5 Å². The first-order valence-electron chi connectivity index (χ1n) is 23.6. The highest BCUT2D eigenvalue weighted by Gasteiger charge is 2.18. The number of methoxy groups -OCH3 is 2. The van der Waals surface area contributed by atoms with E-state index in [0.717, 1.165) is 81.9 Å². The van der Waals surface area contributed by atoms with E-state index in [9.17, 15) is 9.59 Å². The molecule has 5 N–H and O–H groups in total. The number of likely N-dealkylation sites (N-methyl/N-ethyl adjacent to an activating group) is 4. The Labute approximate surface area is 442 Å². The minimum absolute atomic E-state index is 0.276. The summed E-state index contributed by atoms with van der Waals surface area (Å²) in [5.74, 6) is 1.21. The van der Waals surface area contributed by atoms with E-state index in [1.165, 1.54) is 24.8 Å². The smallest absolute Gasteiger partial charge is 0.247 e. The fourth-order valence-corrected chi connectivity index (χ4v) is 7.74. The van der Waals surface area contributed by atoms with Crippen molar-refractivity contribution >= 4 is 85.2 Å². The van der Waals surface area contributed by atoms with Crippen molar-refractivity contribution < 1.29 is 19.1 Å². The number of anilines is 7. The van der Waals surface area contributed by atoms with Crippen LogP contribution in [0.25, 0.3) is 44.3 Å². The standard InChI is InChI=1S/C27H32N8O2.C15H24N4O2.C12H9ClN4/c1-7-27(36)32-21-13-22(25(37-6)15-24(21)34(4)11-10-33(2)3)31-26-14-20(28-17-29-26)18-8-9-23-19(12-18)16-30-35(23)5;1-6-15(20)17-12-9-11(16)14(21-5)10-13(12)19(4)8-7-18(2)3;1-17-11-3-2-8(4-9(11)6-16-17)10-5-12(13)15-7-14-10/h7-9,12-17H,1,10-11H2,2-6H3,(H,32,36)(H,28,29,31);6,9-10H,1,7-8,16H2,2-5H3,(H,17,20);2-7H,1H3. The highest BCUT2D eigenvalue weighted by atomic mass is 35.5. The summed E-state index contributed by atoms with van der Waals surface area (Å²) in [6, 6.07) is 23.0. The van der Waals surface area contributed by atoms with Gasteiger partial charge in [0.05, 0.1) is 83.2 Å². The first-order chi connectivity index (χ1) is 35.9. The molecule has 392 valence electrons. The molecule has 20 nitrogen and oxygen atoms in total. The number of hydrogen-bond donors (Lipinski definition) is 4. The normalized spacial score (nSPS) is 10.8. The third-order valence-corrected chi connectivity index (χ3v) is 12.0. The largest absolute Gasteiger partial charge is 0.495 e. The van der Waals surface area contributed by atoms with Crippen LogP contribution in [-0.4, -0.2) is 144 Å². The molecule has 0 aliphatic heterocycles. The van der Waals surface area contributed by atoms with E-state index in [-0.39, 0.29) is 11.8 Å². The van der Waals surface area contributed by atoms with Gasteiger partial charge in [0, 0.05) is 101 Å². The zero-order valence-electron chi connectivity index (χ0n) is 44.1. The van der Waals surface area contributed by atoms with E-state index in [1.807, 2.05) is 138 Å². The molecule has 8 rings (SSSR count). The third-order valence-electron chi connectivity index (χ3n) is 11.8. The molecular formula is C54H65ClN16O4. The molecule has 4 heterocycles. The number of halogens is 1. The number of aryl methyl sites for hydroxylation is 2. The number of nitrogens with zero attached hydrogens (tertiary/aromatic N) is 12. The van der Waals surface area contributed by atoms with Gasteiger partial charge in [-0.05, 0) is 76.7 Å². The van der Waals surface area contributed by atoms with Gasteiger partial charge in [0.15, 0.2) is 0 Å². The molecule has 0 fully saturated rings. The number of ether oxygens (including phenoxy) is 2. The van der Waals surface area contributed by atoms with E-state index in [2.05, 4.69) is 80.0 Å². The maximum atomic E-state index is 12.2. The number of rotatable bonds is 18. The van der Waals surface area contributed by atoms with Crippen molar-refractivity contribution in [2.75, 3.05) is 114 Å². The van der Waals surface area contributed by atoms with Gasteiger partial charge in [-0.3, -0.25) is 19.0 Å². The second-order valence-corrected chi connectivity index (χ2v) is 18.1. The van der Waals surface area contributed by atoms with Crippen molar-refractivity contribution in [3.8, 4) is 34.0 Å². The predicted molar refractivity (Wildman–Crippen MR) is 303 cm³/mol. The molecule has 0 unspecified atom stereocenters. The second kappa shape index (κ2) is 25.9. The molecule has 75 heavy (non-hydrogen) atoms. The van der Waals surface area contributed by atoms with Gasteiger partial charge in [0.2, 0.25) is 11.8 Å². The fraction of sp³-hybridized carbons (Fsp3) is 0.259. The summed E-state index contributed by atoms with van der Waals surface area (Å²) in [7, 11) is 19.0. The van der Waals surface area contributed by atoms with Gasteiger partial charge in [-0.25, -0.2) is 19.9 Å². The summed E-state index contributed by atoms with van der Waals surface area (Å²) >= 11 is 5.85. The zero-order chi connectivity index (χ0) is 54.3. The summed E-state index contributed by atoms with van der Waals surface area (Å²) in [5, 5.41) is 20.1. The topological polar surface area (TPSA) is 215 Å². The van der Waals surface area contributed by atoms with E-state index in [0.29, 0.717) is 45.2 Å². The molecule has 0 spiro atoms. The monoisotopic (exact) mass is 1040 g/mol. The highest BCUT2D eigenvalue weighted by molar-refractivity contribution is 6.29. The van der Waals surface area contributed by atoms with Crippen molar-refractivity contribution in [1.82, 2.24) is 49.3 Å². The SMILES string of the molecule is C=CC(=O)Nc1cc(N)c(OC)cc1N(C)CCN(C)C.C=CC(=O)Nc1cc(Nc2cc(-c3ccc4c(cnn4C)c3)ncn2)c(OC)cc1N(C)CCN(C)C.Cn1ncc2cc(-c3cc(Cl)ncn3)ccc21. The Balaban J connectivity index is 0.000000202. The Morgan fingerprint density at radius 3 is 1.59 bits per heavy atom. The number of carbonyl (C=O) groups excluding carboxylic acids is 2. The molecular weight excluding hydrogens is 972 g/mol. The molecule has 21 heteroatoms. The van der Waals surface area contributed by atoms with Crippen LogP contribution in [0.1, 0.15) is 0 Å². The van der Waals surface area contributed by atoms with Crippen molar-refractivity contribution in [2.45, 2.75) is 0 Å². The van der Waals surface area contributed by atoms with E-state index in [4.69, 9.17) is 26.8 Å². The lowest BCUT2D eigenvalue weighted by Crippen LogP contribution is -2.29. The third kappa shape index (κ3) is 14.8. The maximum Gasteiger partial charge on any atom is 0.247 e. The molecule has 0 saturated carbocycles. The minimum atomic E-state index is -0.298. The number of benzene rings is 4. The minimum Gasteiger partial charge on any atom is -0.495 e. The lowest BCUT2D eigenvalue weighted by molar-refractivity contribution is -0.112. The Bertz CT molecular complexity index is 3280. The average Bonchev–Trinajstić information content (AvgIpc) is 3.97. The molecule has 0 radical (unpaired) electrons. The van der Waals surface area contributed by atoms with Crippen LogP contribution < -0.4 is 41.0 Å². The Morgan fingerprint density at radius 1 is 0.627 bits per heavy atom. The van der Waals surface area contributed by atoms with Gasteiger partial charge in [-0.1, -0.05) is 36.9 Å². The van der Waals surface area contributed by atoms with Crippen LogP contribution in [0.4, 0.5) is 39.9 Å². The van der Waals surface area contributed by atoms with Gasteiger partial charge < -0.3 is 50.8 Å². The lowest BCUT2D eigenvalue weighted by atomic mass is 10.1. The fourth-order valence-electron chi connectivity index (χ4n) is 7.60. The molecule has 0 aliphatic rings. The van der Waals surface area contributed by atoms with Crippen molar-refractivity contribution in [3.05, 3.63) is 128 Å². The number of nitrogens with two attached hydrogens (primary N) is 1. The Kier molecular flexibility index (Phi) is 19.2. The van der Waals surface area contributed by atoms with Gasteiger partial charge >= 0.3 is 0 Å². The number of amides is 2. The number of hydrogen-bond acceptors (Lipinski definition) is 16. The van der Waals surface area contributed by atoms with Crippen molar-refractivity contribution in [1.29, 1.82) is 0 Å². The molecule has 4 aromatic carbocycles. The van der Waals surface area contributed by atoms with Crippen molar-refractivity contribution in [3.63, 3.8) is 0 Å². The predicted octanol–water partition coefficient (Wildman–Crippen LogP) is 7.99. The van der Waals surface area contributed by atoms with Crippen LogP contribution in [0, 0.1) is 0 Å². The molecule has 0 saturated heterocycles. The van der Waals surface area contributed by atoms with Crippen LogP contribution >= 0.6 is 11.6 Å². The van der Waals surface area contributed by atoms with Crippen LogP contribution in [0.15, 0.2) is 123 Å². The van der Waals surface area contributed by atoms with E-state index >= 15 is 0 Å². The maximum absolute atomic E-state index is 12.2. The Morgan fingerprint density at radius 2 is 1.11 bits per heavy atom.